The predicted octanol–water partition coefficient (Wildman–Crippen LogP) is 3.39. The van der Waals surface area contributed by atoms with Crippen LogP contribution < -0.4 is 20.3 Å². The van der Waals surface area contributed by atoms with Crippen LogP contribution in [0.2, 0.25) is 0 Å². The number of carbonyl (C=O) groups excluding carboxylic acids is 1. The summed E-state index contributed by atoms with van der Waals surface area (Å²) in [6.45, 7) is 3.57. The number of pyridine rings is 1. The standard InChI is InChI=1S/C25H30F3N7O4S/c1-24(2,15-36)14-32-22(37)16-7-9-18(10-8-16)33-23-31-13-19(25(26,27)28)20(34-23)30-12-17-6-5-11-29-21(17)35(3)40(4,38)39/h5-11,13,36H,12,14-15H2,1-4H3,(H,32,37)(H2,30,31,33,34). The van der Waals surface area contributed by atoms with Crippen molar-refractivity contribution in [3.05, 3.63) is 65.5 Å². The van der Waals surface area contributed by atoms with E-state index in [1.165, 1.54) is 37.5 Å². The van der Waals surface area contributed by atoms with Gasteiger partial charge >= 0.3 is 6.18 Å². The number of aliphatic hydroxyl groups excluding tert-OH is 1. The molecule has 1 amide bonds. The van der Waals surface area contributed by atoms with Gasteiger partial charge in [-0.2, -0.15) is 18.2 Å². The largest absolute Gasteiger partial charge is 0.421 e. The van der Waals surface area contributed by atoms with E-state index in [0.717, 1.165) is 10.6 Å². The Balaban J connectivity index is 1.79. The summed E-state index contributed by atoms with van der Waals surface area (Å²) in [6, 6.07) is 9.20. The first kappa shape index (κ1) is 30.6. The molecule has 0 bridgehead atoms. The van der Waals surface area contributed by atoms with Crippen molar-refractivity contribution in [2.45, 2.75) is 26.6 Å². The van der Waals surface area contributed by atoms with Gasteiger partial charge in [0.05, 0.1) is 6.26 Å². The molecule has 0 atom stereocenters. The van der Waals surface area contributed by atoms with Gasteiger partial charge in [0, 0.05) is 61.4 Å². The van der Waals surface area contributed by atoms with Crippen molar-refractivity contribution in [1.29, 1.82) is 0 Å². The molecule has 2 aromatic heterocycles. The molecule has 3 aromatic rings. The van der Waals surface area contributed by atoms with E-state index < -0.39 is 33.0 Å². The summed E-state index contributed by atoms with van der Waals surface area (Å²) >= 11 is 0. The molecule has 0 radical (unpaired) electrons. The summed E-state index contributed by atoms with van der Waals surface area (Å²) < 4.78 is 65.9. The number of carbonyl (C=O) groups is 1. The molecule has 0 aliphatic rings. The third-order valence-electron chi connectivity index (χ3n) is 5.76. The van der Waals surface area contributed by atoms with Crippen molar-refractivity contribution in [2.24, 2.45) is 5.41 Å². The van der Waals surface area contributed by atoms with Crippen LogP contribution in [0.3, 0.4) is 0 Å². The van der Waals surface area contributed by atoms with Crippen LogP contribution in [0.4, 0.5) is 36.4 Å². The Hall–Kier alpha value is -3.98. The molecule has 0 aliphatic carbocycles. The van der Waals surface area contributed by atoms with Crippen LogP contribution in [-0.2, 0) is 22.7 Å². The molecule has 2 heterocycles. The van der Waals surface area contributed by atoms with Gasteiger partial charge < -0.3 is 21.1 Å². The van der Waals surface area contributed by atoms with E-state index in [4.69, 9.17) is 0 Å². The highest BCUT2D eigenvalue weighted by molar-refractivity contribution is 7.92. The second kappa shape index (κ2) is 12.0. The second-order valence-corrected chi connectivity index (χ2v) is 11.7. The lowest BCUT2D eigenvalue weighted by Gasteiger charge is -2.21. The number of hydrogen-bond acceptors (Lipinski definition) is 9. The maximum absolute atomic E-state index is 13.7. The van der Waals surface area contributed by atoms with Gasteiger partial charge in [0.25, 0.3) is 5.91 Å². The lowest BCUT2D eigenvalue weighted by molar-refractivity contribution is -0.137. The van der Waals surface area contributed by atoms with E-state index in [0.29, 0.717) is 23.0 Å². The number of nitrogens with zero attached hydrogens (tertiary/aromatic N) is 4. The summed E-state index contributed by atoms with van der Waals surface area (Å²) in [7, 11) is -2.37. The smallest absolute Gasteiger partial charge is 0.396 e. The Morgan fingerprint density at radius 1 is 1.10 bits per heavy atom. The topological polar surface area (TPSA) is 149 Å². The van der Waals surface area contributed by atoms with Gasteiger partial charge in [0.1, 0.15) is 17.2 Å². The maximum Gasteiger partial charge on any atom is 0.421 e. The molecule has 15 heteroatoms. The molecule has 216 valence electrons. The van der Waals surface area contributed by atoms with E-state index in [-0.39, 0.29) is 37.4 Å². The molecular formula is C25H30F3N7O4S. The molecule has 0 unspecified atom stereocenters. The molecule has 40 heavy (non-hydrogen) atoms. The van der Waals surface area contributed by atoms with E-state index in [1.54, 1.807) is 26.0 Å². The zero-order valence-electron chi connectivity index (χ0n) is 22.2. The van der Waals surface area contributed by atoms with Crippen LogP contribution in [0.1, 0.15) is 35.3 Å². The molecule has 3 rings (SSSR count). The van der Waals surface area contributed by atoms with Gasteiger partial charge in [-0.05, 0) is 30.3 Å². The normalized spacial score (nSPS) is 12.1. The number of nitrogens with one attached hydrogen (secondary N) is 3. The predicted molar refractivity (Wildman–Crippen MR) is 145 cm³/mol. The molecule has 11 nitrogen and oxygen atoms in total. The molecule has 0 saturated heterocycles. The zero-order chi connectivity index (χ0) is 29.7. The lowest BCUT2D eigenvalue weighted by atomic mass is 9.95. The minimum absolute atomic E-state index is 0.0579. The van der Waals surface area contributed by atoms with Crippen LogP contribution in [0.5, 0.6) is 0 Å². The van der Waals surface area contributed by atoms with Crippen molar-refractivity contribution < 1.29 is 31.5 Å². The zero-order valence-corrected chi connectivity index (χ0v) is 23.1. The molecule has 0 aliphatic heterocycles. The molecule has 4 N–H and O–H groups in total. The number of aliphatic hydroxyl groups is 1. The second-order valence-electron chi connectivity index (χ2n) is 9.73. The van der Waals surface area contributed by atoms with Gasteiger partial charge in [-0.1, -0.05) is 19.9 Å². The first-order valence-corrected chi connectivity index (χ1v) is 13.8. The number of anilines is 4. The fourth-order valence-corrected chi connectivity index (χ4v) is 3.76. The van der Waals surface area contributed by atoms with E-state index in [2.05, 4.69) is 30.9 Å². The van der Waals surface area contributed by atoms with Crippen molar-refractivity contribution in [1.82, 2.24) is 20.3 Å². The van der Waals surface area contributed by atoms with Gasteiger partial charge in [-0.15, -0.1) is 0 Å². The SMILES string of the molecule is CN(c1ncccc1CNc1nc(Nc2ccc(C(=O)NCC(C)(C)CO)cc2)ncc1C(F)(F)F)S(C)(=O)=O. The Morgan fingerprint density at radius 3 is 2.38 bits per heavy atom. The Labute approximate surface area is 229 Å². The van der Waals surface area contributed by atoms with Crippen molar-refractivity contribution in [3.63, 3.8) is 0 Å². The average Bonchev–Trinajstić information content (AvgIpc) is 2.89. The minimum Gasteiger partial charge on any atom is -0.396 e. The van der Waals surface area contributed by atoms with Gasteiger partial charge in [0.15, 0.2) is 0 Å². The first-order valence-electron chi connectivity index (χ1n) is 11.9. The average molecular weight is 582 g/mol. The monoisotopic (exact) mass is 581 g/mol. The summed E-state index contributed by atoms with van der Waals surface area (Å²) in [5, 5.41) is 17.5. The number of aromatic nitrogens is 3. The summed E-state index contributed by atoms with van der Waals surface area (Å²) in [4.78, 5) is 24.2. The van der Waals surface area contributed by atoms with E-state index >= 15 is 0 Å². The lowest BCUT2D eigenvalue weighted by Crippen LogP contribution is -2.36. The van der Waals surface area contributed by atoms with Crippen LogP contribution in [0, 0.1) is 5.41 Å². The van der Waals surface area contributed by atoms with Crippen molar-refractivity contribution in [2.75, 3.05) is 41.4 Å². The highest BCUT2D eigenvalue weighted by Crippen LogP contribution is 2.34. The van der Waals surface area contributed by atoms with Gasteiger partial charge in [-0.3, -0.25) is 9.10 Å². The third kappa shape index (κ3) is 8.02. The van der Waals surface area contributed by atoms with E-state index in [9.17, 15) is 31.5 Å². The summed E-state index contributed by atoms with van der Waals surface area (Å²) in [5.41, 5.74) is -0.500. The van der Waals surface area contributed by atoms with Crippen LogP contribution in [0.25, 0.3) is 0 Å². The first-order chi connectivity index (χ1) is 18.6. The fraction of sp³-hybridized carbons (Fsp3) is 0.360. The molecule has 0 fully saturated rings. The number of rotatable bonds is 11. The Bertz CT molecular complexity index is 1450. The molecule has 0 saturated carbocycles. The quantitative estimate of drug-likeness (QED) is 0.267. The number of alkyl halides is 3. The highest BCUT2D eigenvalue weighted by atomic mass is 32.2. The van der Waals surface area contributed by atoms with E-state index in [1.807, 2.05) is 0 Å². The number of sulfonamides is 1. The molecule has 0 spiro atoms. The van der Waals surface area contributed by atoms with Crippen molar-refractivity contribution in [3.8, 4) is 0 Å². The van der Waals surface area contributed by atoms with Crippen LogP contribution in [0.15, 0.2) is 48.8 Å². The number of hydrogen-bond donors (Lipinski definition) is 4. The summed E-state index contributed by atoms with van der Waals surface area (Å²) in [6.07, 6.45) is -1.77. The maximum atomic E-state index is 13.7. The number of halogens is 3. The van der Waals surface area contributed by atoms with Crippen molar-refractivity contribution >= 4 is 39.2 Å². The Kier molecular flexibility index (Phi) is 9.20. The number of amides is 1. The number of benzene rings is 1. The van der Waals surface area contributed by atoms with Crippen LogP contribution in [-0.4, -0.2) is 60.8 Å². The van der Waals surface area contributed by atoms with Gasteiger partial charge in [0.2, 0.25) is 16.0 Å². The molecular weight excluding hydrogens is 551 g/mol. The van der Waals surface area contributed by atoms with Gasteiger partial charge in [-0.25, -0.2) is 18.4 Å². The van der Waals surface area contributed by atoms with Crippen LogP contribution >= 0.6 is 0 Å². The highest BCUT2D eigenvalue weighted by Gasteiger charge is 2.35. The minimum atomic E-state index is -4.76. The molecule has 1 aromatic carbocycles. The third-order valence-corrected chi connectivity index (χ3v) is 6.93. The fourth-order valence-electron chi connectivity index (χ4n) is 3.28. The summed E-state index contributed by atoms with van der Waals surface area (Å²) in [5.74, 6) is -0.953. The Morgan fingerprint density at radius 2 is 1.77 bits per heavy atom.